The Kier molecular flexibility index (Phi) is 6.84. The summed E-state index contributed by atoms with van der Waals surface area (Å²) in [5.41, 5.74) is 3.39. The maximum atomic E-state index is 12.2. The zero-order valence-electron chi connectivity index (χ0n) is 18.2. The number of hydrogen-bond donors (Lipinski definition) is 0. The molecule has 0 spiro atoms. The predicted molar refractivity (Wildman–Crippen MR) is 118 cm³/mol. The van der Waals surface area contributed by atoms with Crippen molar-refractivity contribution in [1.29, 1.82) is 0 Å². The van der Waals surface area contributed by atoms with E-state index in [0.29, 0.717) is 22.8 Å². The molecule has 4 rings (SSSR count). The molecule has 1 heterocycles. The van der Waals surface area contributed by atoms with Gasteiger partial charge in [0.25, 0.3) is 5.89 Å². The van der Waals surface area contributed by atoms with Gasteiger partial charge in [0, 0.05) is 10.5 Å². The minimum atomic E-state index is -0.344. The smallest absolute Gasteiger partial charge is 0.316 e. The third-order valence-corrected chi connectivity index (χ3v) is 6.13. The van der Waals surface area contributed by atoms with Gasteiger partial charge in [-0.25, -0.2) is 0 Å². The predicted octanol–water partition coefficient (Wildman–Crippen LogP) is 4.09. The zero-order chi connectivity index (χ0) is 22.5. The zero-order valence-corrected chi connectivity index (χ0v) is 19.0. The summed E-state index contributed by atoms with van der Waals surface area (Å²) in [6.07, 6.45) is 3.46. The molecule has 0 aliphatic heterocycles. The molecular formula is C23H24N2O6S. The first-order valence-corrected chi connectivity index (χ1v) is 11.1. The molecule has 1 aromatic heterocycles. The molecule has 3 aromatic rings. The van der Waals surface area contributed by atoms with Gasteiger partial charge < -0.3 is 23.4 Å². The van der Waals surface area contributed by atoms with E-state index in [9.17, 15) is 4.79 Å². The van der Waals surface area contributed by atoms with Gasteiger partial charge in [0.2, 0.25) is 11.6 Å². The number of carbonyl (C=O) groups is 1. The maximum absolute atomic E-state index is 12.2. The van der Waals surface area contributed by atoms with Crippen LogP contribution in [-0.2, 0) is 29.0 Å². The van der Waals surface area contributed by atoms with Gasteiger partial charge >= 0.3 is 5.97 Å². The molecular weight excluding hydrogens is 432 g/mol. The summed E-state index contributed by atoms with van der Waals surface area (Å²) in [5.74, 6) is 1.73. The Morgan fingerprint density at radius 3 is 2.47 bits per heavy atom. The second kappa shape index (κ2) is 9.95. The Balaban J connectivity index is 1.35. The van der Waals surface area contributed by atoms with Crippen molar-refractivity contribution in [1.82, 2.24) is 10.2 Å². The average Bonchev–Trinajstić information content (AvgIpc) is 3.49. The summed E-state index contributed by atoms with van der Waals surface area (Å²) in [6, 6.07) is 9.79. The van der Waals surface area contributed by atoms with E-state index in [4.69, 9.17) is 23.4 Å². The van der Waals surface area contributed by atoms with E-state index in [-0.39, 0.29) is 30.1 Å². The molecule has 0 atom stereocenters. The van der Waals surface area contributed by atoms with Crippen LogP contribution in [0.25, 0.3) is 11.5 Å². The quantitative estimate of drug-likeness (QED) is 0.349. The van der Waals surface area contributed by atoms with Crippen molar-refractivity contribution >= 4 is 17.7 Å². The minimum Gasteiger partial charge on any atom is -0.493 e. The van der Waals surface area contributed by atoms with E-state index in [1.54, 1.807) is 12.1 Å². The highest BCUT2D eigenvalue weighted by Gasteiger charge is 2.18. The molecule has 0 fully saturated rings. The fourth-order valence-corrected chi connectivity index (χ4v) is 4.35. The van der Waals surface area contributed by atoms with Crippen molar-refractivity contribution in [2.75, 3.05) is 27.1 Å². The molecule has 0 saturated carbocycles. The van der Waals surface area contributed by atoms with Crippen molar-refractivity contribution in [2.24, 2.45) is 0 Å². The highest BCUT2D eigenvalue weighted by Crippen LogP contribution is 2.40. The largest absolute Gasteiger partial charge is 0.493 e. The monoisotopic (exact) mass is 456 g/mol. The highest BCUT2D eigenvalue weighted by molar-refractivity contribution is 8.00. The molecule has 0 saturated heterocycles. The Bertz CT molecular complexity index is 1090. The van der Waals surface area contributed by atoms with Gasteiger partial charge in [-0.05, 0) is 54.7 Å². The van der Waals surface area contributed by atoms with E-state index in [0.717, 1.165) is 17.7 Å². The second-order valence-corrected chi connectivity index (χ2v) is 8.20. The molecule has 0 amide bonds. The van der Waals surface area contributed by atoms with Crippen molar-refractivity contribution in [2.45, 2.75) is 30.8 Å². The lowest BCUT2D eigenvalue weighted by Gasteiger charge is -2.12. The van der Waals surface area contributed by atoms with Crippen LogP contribution in [0.4, 0.5) is 0 Å². The van der Waals surface area contributed by atoms with Crippen LogP contribution >= 0.6 is 11.8 Å². The first kappa shape index (κ1) is 22.0. The van der Waals surface area contributed by atoms with Crippen LogP contribution in [0.5, 0.6) is 17.2 Å². The number of rotatable bonds is 9. The normalized spacial score (nSPS) is 12.3. The minimum absolute atomic E-state index is 0.0962. The summed E-state index contributed by atoms with van der Waals surface area (Å²) >= 11 is 1.46. The Hall–Kier alpha value is -3.20. The molecule has 0 unspecified atom stereocenters. The van der Waals surface area contributed by atoms with Gasteiger partial charge in [0.15, 0.2) is 18.1 Å². The molecule has 0 N–H and O–H groups in total. The highest BCUT2D eigenvalue weighted by atomic mass is 32.2. The summed E-state index contributed by atoms with van der Waals surface area (Å²) in [5, 5.41) is 7.99. The molecule has 0 radical (unpaired) electrons. The number of thioether (sulfide) groups is 1. The van der Waals surface area contributed by atoms with E-state index in [1.165, 1.54) is 50.6 Å². The van der Waals surface area contributed by atoms with Crippen LogP contribution in [-0.4, -0.2) is 43.2 Å². The number of ether oxygens (including phenoxy) is 4. The van der Waals surface area contributed by atoms with Crippen LogP contribution < -0.4 is 14.2 Å². The number of nitrogens with zero attached hydrogens (tertiary/aromatic N) is 2. The van der Waals surface area contributed by atoms with Gasteiger partial charge in [0.1, 0.15) is 0 Å². The van der Waals surface area contributed by atoms with Crippen molar-refractivity contribution in [3.05, 3.63) is 47.3 Å². The summed E-state index contributed by atoms with van der Waals surface area (Å²) in [6.45, 7) is -0.0962. The molecule has 1 aliphatic carbocycles. The number of aryl methyl sites for hydroxylation is 2. The molecule has 8 nitrogen and oxygen atoms in total. The number of benzene rings is 2. The van der Waals surface area contributed by atoms with Crippen LogP contribution in [0.1, 0.15) is 23.4 Å². The van der Waals surface area contributed by atoms with E-state index in [2.05, 4.69) is 28.4 Å². The summed E-state index contributed by atoms with van der Waals surface area (Å²) in [4.78, 5) is 13.2. The number of hydrogen-bond acceptors (Lipinski definition) is 9. The van der Waals surface area contributed by atoms with Gasteiger partial charge in [-0.2, -0.15) is 0 Å². The fraction of sp³-hybridized carbons (Fsp3) is 0.348. The van der Waals surface area contributed by atoms with Gasteiger partial charge in [0.05, 0.1) is 27.1 Å². The van der Waals surface area contributed by atoms with Crippen molar-refractivity contribution in [3.8, 4) is 28.7 Å². The molecule has 2 aromatic carbocycles. The van der Waals surface area contributed by atoms with E-state index >= 15 is 0 Å². The number of methoxy groups -OCH3 is 3. The molecule has 1 aliphatic rings. The topological polar surface area (TPSA) is 92.9 Å². The average molecular weight is 457 g/mol. The lowest BCUT2D eigenvalue weighted by atomic mass is 10.1. The van der Waals surface area contributed by atoms with Crippen LogP contribution in [0.2, 0.25) is 0 Å². The Labute approximate surface area is 190 Å². The first-order chi connectivity index (χ1) is 15.6. The van der Waals surface area contributed by atoms with Gasteiger partial charge in [-0.15, -0.1) is 22.0 Å². The first-order valence-electron chi connectivity index (χ1n) is 10.1. The van der Waals surface area contributed by atoms with Crippen LogP contribution in [0, 0.1) is 0 Å². The number of aromatic nitrogens is 2. The number of carbonyl (C=O) groups excluding carboxylic acids is 1. The van der Waals surface area contributed by atoms with E-state index < -0.39 is 0 Å². The van der Waals surface area contributed by atoms with Crippen LogP contribution in [0.3, 0.4) is 0 Å². The van der Waals surface area contributed by atoms with Crippen molar-refractivity contribution in [3.63, 3.8) is 0 Å². The van der Waals surface area contributed by atoms with Gasteiger partial charge in [-0.3, -0.25) is 4.79 Å². The molecule has 0 bridgehead atoms. The number of fused-ring (bicyclic) bond motifs is 1. The third kappa shape index (κ3) is 4.83. The molecule has 168 valence electrons. The number of esters is 1. The third-order valence-electron chi connectivity index (χ3n) is 5.16. The van der Waals surface area contributed by atoms with Crippen LogP contribution in [0.15, 0.2) is 39.6 Å². The lowest BCUT2D eigenvalue weighted by molar-refractivity contribution is -0.142. The van der Waals surface area contributed by atoms with E-state index in [1.807, 2.05) is 0 Å². The molecule has 9 heteroatoms. The Morgan fingerprint density at radius 1 is 1.00 bits per heavy atom. The van der Waals surface area contributed by atoms with Gasteiger partial charge in [-0.1, -0.05) is 6.07 Å². The summed E-state index contributed by atoms with van der Waals surface area (Å²) in [7, 11) is 4.59. The fourth-order valence-electron chi connectivity index (χ4n) is 3.60. The van der Waals surface area contributed by atoms with Crippen molar-refractivity contribution < 1.29 is 28.2 Å². The molecule has 32 heavy (non-hydrogen) atoms. The SMILES string of the molecule is COc1cc(-c2nnc(COC(=O)CSc3ccc4c(c3)CCC4)o2)cc(OC)c1OC. The second-order valence-electron chi connectivity index (χ2n) is 7.15. The standard InChI is InChI=1S/C23H24N2O6S/c1-27-18-10-16(11-19(28-2)22(18)29-3)23-25-24-20(31-23)12-30-21(26)13-32-17-8-7-14-5-4-6-15(14)9-17/h7-11H,4-6,12-13H2,1-3H3. The lowest BCUT2D eigenvalue weighted by Crippen LogP contribution is -2.07. The Morgan fingerprint density at radius 2 is 1.75 bits per heavy atom. The maximum Gasteiger partial charge on any atom is 0.316 e. The summed E-state index contributed by atoms with van der Waals surface area (Å²) < 4.78 is 27.0.